The number of pyridine rings is 1. The van der Waals surface area contributed by atoms with Gasteiger partial charge in [-0.15, -0.1) is 0 Å². The van der Waals surface area contributed by atoms with Crippen molar-refractivity contribution in [3.05, 3.63) is 29.6 Å². The minimum absolute atomic E-state index is 0.147. The fraction of sp³-hybridized carbons (Fsp3) is 0.538. The SMILES string of the molecule is CN(Cc1cccnc1C(=O)O)CC(C)(C)C. The summed E-state index contributed by atoms with van der Waals surface area (Å²) in [5.41, 5.74) is 1.10. The van der Waals surface area contributed by atoms with E-state index in [9.17, 15) is 4.79 Å². The van der Waals surface area contributed by atoms with Crippen LogP contribution in [0.1, 0.15) is 36.8 Å². The van der Waals surface area contributed by atoms with E-state index in [-0.39, 0.29) is 11.1 Å². The second-order valence-electron chi connectivity index (χ2n) is 5.55. The van der Waals surface area contributed by atoms with Gasteiger partial charge < -0.3 is 10.0 Å². The van der Waals surface area contributed by atoms with E-state index >= 15 is 0 Å². The molecule has 1 heterocycles. The van der Waals surface area contributed by atoms with Crippen LogP contribution in [-0.2, 0) is 6.54 Å². The first-order valence-electron chi connectivity index (χ1n) is 5.65. The fourth-order valence-electron chi connectivity index (χ4n) is 1.92. The summed E-state index contributed by atoms with van der Waals surface area (Å²) in [5, 5.41) is 9.03. The highest BCUT2D eigenvalue weighted by atomic mass is 16.4. The average Bonchev–Trinajstić information content (AvgIpc) is 2.14. The summed E-state index contributed by atoms with van der Waals surface area (Å²) in [4.78, 5) is 17.0. The number of rotatable bonds is 4. The van der Waals surface area contributed by atoms with Gasteiger partial charge >= 0.3 is 5.97 Å². The monoisotopic (exact) mass is 236 g/mol. The molecule has 1 aromatic rings. The van der Waals surface area contributed by atoms with Crippen molar-refractivity contribution in [1.29, 1.82) is 0 Å². The number of carboxylic acids is 1. The van der Waals surface area contributed by atoms with Gasteiger partial charge in [0.2, 0.25) is 0 Å². The van der Waals surface area contributed by atoms with Gasteiger partial charge in [-0.2, -0.15) is 0 Å². The molecule has 0 amide bonds. The van der Waals surface area contributed by atoms with Crippen LogP contribution in [0.2, 0.25) is 0 Å². The van der Waals surface area contributed by atoms with E-state index < -0.39 is 5.97 Å². The van der Waals surface area contributed by atoms with Gasteiger partial charge in [0.1, 0.15) is 0 Å². The van der Waals surface area contributed by atoms with Crippen LogP contribution in [0.25, 0.3) is 0 Å². The van der Waals surface area contributed by atoms with E-state index in [4.69, 9.17) is 5.11 Å². The van der Waals surface area contributed by atoms with Crippen LogP contribution in [0.5, 0.6) is 0 Å². The molecule has 17 heavy (non-hydrogen) atoms. The first kappa shape index (κ1) is 13.6. The van der Waals surface area contributed by atoms with Crippen LogP contribution in [0.4, 0.5) is 0 Å². The Kier molecular flexibility index (Phi) is 4.23. The van der Waals surface area contributed by atoms with Crippen LogP contribution in [-0.4, -0.2) is 34.6 Å². The minimum atomic E-state index is -0.968. The zero-order valence-electron chi connectivity index (χ0n) is 10.9. The third-order valence-electron chi connectivity index (χ3n) is 2.28. The quantitative estimate of drug-likeness (QED) is 0.871. The van der Waals surface area contributed by atoms with E-state index in [1.807, 2.05) is 13.1 Å². The molecule has 1 aromatic heterocycles. The average molecular weight is 236 g/mol. The van der Waals surface area contributed by atoms with E-state index in [2.05, 4.69) is 30.7 Å². The van der Waals surface area contributed by atoms with Gasteiger partial charge in [0, 0.05) is 19.3 Å². The van der Waals surface area contributed by atoms with Crippen molar-refractivity contribution in [3.8, 4) is 0 Å². The third-order valence-corrected chi connectivity index (χ3v) is 2.28. The van der Waals surface area contributed by atoms with Crippen molar-refractivity contribution in [3.63, 3.8) is 0 Å². The lowest BCUT2D eigenvalue weighted by molar-refractivity contribution is 0.0688. The van der Waals surface area contributed by atoms with E-state index in [0.717, 1.165) is 12.1 Å². The lowest BCUT2D eigenvalue weighted by Crippen LogP contribution is -2.29. The molecule has 0 saturated carbocycles. The van der Waals surface area contributed by atoms with Gasteiger partial charge in [-0.25, -0.2) is 9.78 Å². The number of carboxylic acid groups (broad SMARTS) is 1. The lowest BCUT2D eigenvalue weighted by Gasteiger charge is -2.26. The predicted octanol–water partition coefficient (Wildman–Crippen LogP) is 2.26. The van der Waals surface area contributed by atoms with E-state index in [1.54, 1.807) is 6.07 Å². The molecule has 1 N–H and O–H groups in total. The molecule has 0 atom stereocenters. The van der Waals surface area contributed by atoms with E-state index in [1.165, 1.54) is 6.20 Å². The predicted molar refractivity (Wildman–Crippen MR) is 67.0 cm³/mol. The molecule has 0 aliphatic heterocycles. The Labute approximate surface area is 102 Å². The van der Waals surface area contributed by atoms with Gasteiger partial charge in [-0.05, 0) is 24.1 Å². The van der Waals surface area contributed by atoms with Gasteiger partial charge in [0.25, 0.3) is 0 Å². The summed E-state index contributed by atoms with van der Waals surface area (Å²) < 4.78 is 0. The van der Waals surface area contributed by atoms with Crippen molar-refractivity contribution in [2.45, 2.75) is 27.3 Å². The van der Waals surface area contributed by atoms with Gasteiger partial charge in [0.15, 0.2) is 5.69 Å². The zero-order chi connectivity index (χ0) is 13.1. The highest BCUT2D eigenvalue weighted by Gasteiger charge is 2.16. The highest BCUT2D eigenvalue weighted by Crippen LogP contribution is 2.16. The maximum Gasteiger partial charge on any atom is 0.354 e. The molecule has 0 radical (unpaired) electrons. The molecular formula is C13H20N2O2. The van der Waals surface area contributed by atoms with Gasteiger partial charge in [-0.1, -0.05) is 26.8 Å². The van der Waals surface area contributed by atoms with Crippen LogP contribution in [0, 0.1) is 5.41 Å². The Morgan fingerprint density at radius 3 is 2.65 bits per heavy atom. The van der Waals surface area contributed by atoms with Crippen LogP contribution >= 0.6 is 0 Å². The maximum absolute atomic E-state index is 11.0. The Balaban J connectivity index is 2.78. The smallest absolute Gasteiger partial charge is 0.354 e. The molecule has 0 aromatic carbocycles. The molecule has 0 unspecified atom stereocenters. The van der Waals surface area contributed by atoms with Crippen molar-refractivity contribution < 1.29 is 9.90 Å². The summed E-state index contributed by atoms with van der Waals surface area (Å²) in [7, 11) is 1.99. The summed E-state index contributed by atoms with van der Waals surface area (Å²) in [6.07, 6.45) is 1.51. The molecule has 0 saturated heterocycles. The Morgan fingerprint density at radius 1 is 1.47 bits per heavy atom. The lowest BCUT2D eigenvalue weighted by atomic mass is 9.96. The molecule has 94 valence electrons. The standard InChI is InChI=1S/C13H20N2O2/c1-13(2,3)9-15(4)8-10-6-5-7-14-11(10)12(16)17/h5-7H,8-9H2,1-4H3,(H,16,17). The second-order valence-corrected chi connectivity index (χ2v) is 5.55. The maximum atomic E-state index is 11.0. The fourth-order valence-corrected chi connectivity index (χ4v) is 1.92. The molecule has 0 bridgehead atoms. The number of hydrogen-bond donors (Lipinski definition) is 1. The van der Waals surface area contributed by atoms with Gasteiger partial charge in [-0.3, -0.25) is 0 Å². The molecule has 0 spiro atoms. The molecular weight excluding hydrogens is 216 g/mol. The largest absolute Gasteiger partial charge is 0.477 e. The van der Waals surface area contributed by atoms with Crippen LogP contribution < -0.4 is 0 Å². The normalized spacial score (nSPS) is 11.8. The third kappa shape index (κ3) is 4.53. The van der Waals surface area contributed by atoms with Crippen LogP contribution in [0.3, 0.4) is 0 Å². The van der Waals surface area contributed by atoms with Crippen molar-refractivity contribution in [2.24, 2.45) is 5.41 Å². The van der Waals surface area contributed by atoms with Crippen LogP contribution in [0.15, 0.2) is 18.3 Å². The number of carbonyl (C=O) groups is 1. The Morgan fingerprint density at radius 2 is 2.12 bits per heavy atom. The number of hydrogen-bond acceptors (Lipinski definition) is 3. The number of nitrogens with zero attached hydrogens (tertiary/aromatic N) is 2. The van der Waals surface area contributed by atoms with Crippen molar-refractivity contribution in [1.82, 2.24) is 9.88 Å². The topological polar surface area (TPSA) is 53.4 Å². The van der Waals surface area contributed by atoms with E-state index in [0.29, 0.717) is 6.54 Å². The highest BCUT2D eigenvalue weighted by molar-refractivity contribution is 5.86. The second kappa shape index (κ2) is 5.27. The summed E-state index contributed by atoms with van der Waals surface area (Å²) >= 11 is 0. The number of aromatic carboxylic acids is 1. The molecule has 4 nitrogen and oxygen atoms in total. The Hall–Kier alpha value is -1.42. The summed E-state index contributed by atoms with van der Waals surface area (Å²) in [6.45, 7) is 7.98. The van der Waals surface area contributed by atoms with Gasteiger partial charge in [0.05, 0.1) is 0 Å². The number of aromatic nitrogens is 1. The van der Waals surface area contributed by atoms with Crippen molar-refractivity contribution >= 4 is 5.97 Å². The Bertz CT molecular complexity index is 397. The molecule has 1 rings (SSSR count). The summed E-state index contributed by atoms with van der Waals surface area (Å²) in [5.74, 6) is -0.968. The molecule has 0 aliphatic carbocycles. The molecule has 0 aliphatic rings. The first-order valence-corrected chi connectivity index (χ1v) is 5.65. The minimum Gasteiger partial charge on any atom is -0.477 e. The molecule has 0 fully saturated rings. The zero-order valence-corrected chi connectivity index (χ0v) is 10.9. The van der Waals surface area contributed by atoms with Crippen molar-refractivity contribution in [2.75, 3.05) is 13.6 Å². The summed E-state index contributed by atoms with van der Waals surface area (Å²) in [6, 6.07) is 3.59. The molecule has 4 heteroatoms. The first-order chi connectivity index (χ1) is 7.79.